The highest BCUT2D eigenvalue weighted by Gasteiger charge is 2.31. The second-order valence-electron chi connectivity index (χ2n) is 12.4. The molecular formula is C34H44N4O9S2. The second kappa shape index (κ2) is 16.1. The minimum absolute atomic E-state index is 0.130. The van der Waals surface area contributed by atoms with Crippen LogP contribution in [0, 0.1) is 5.92 Å². The molecule has 0 fully saturated rings. The highest BCUT2D eigenvalue weighted by atomic mass is 32.2. The third-order valence-electron chi connectivity index (χ3n) is 8.49. The van der Waals surface area contributed by atoms with Crippen molar-refractivity contribution in [2.75, 3.05) is 50.2 Å². The molecule has 3 N–H and O–H groups in total. The molecule has 3 heterocycles. The van der Waals surface area contributed by atoms with Crippen LogP contribution in [-0.4, -0.2) is 93.7 Å². The number of ether oxygens (including phenoxy) is 4. The molecule has 15 heteroatoms. The van der Waals surface area contributed by atoms with Crippen molar-refractivity contribution in [3.05, 3.63) is 59.5 Å². The highest BCUT2D eigenvalue weighted by molar-refractivity contribution is 7.94. The molecular weight excluding hydrogens is 673 g/mol. The number of likely N-dealkylation sites (N-methyl/N-ethyl adjacent to an activating group) is 1. The quantitative estimate of drug-likeness (QED) is 0.284. The maximum Gasteiger partial charge on any atom is 0.321 e. The summed E-state index contributed by atoms with van der Waals surface area (Å²) in [5, 5.41) is 14.8. The number of hydrogen-bond donors (Lipinski definition) is 3. The molecule has 13 nitrogen and oxygen atoms in total. The van der Waals surface area contributed by atoms with Gasteiger partial charge in [0, 0.05) is 50.1 Å². The fraction of sp³-hybridized carbons (Fsp3) is 0.471. The molecule has 0 saturated carbocycles. The maximum atomic E-state index is 14.4. The number of carbonyl (C=O) groups is 2. The fourth-order valence-electron chi connectivity index (χ4n) is 5.62. The van der Waals surface area contributed by atoms with Crippen LogP contribution in [-0.2, 0) is 14.8 Å². The van der Waals surface area contributed by atoms with Crippen molar-refractivity contribution in [1.82, 2.24) is 9.80 Å². The number of aliphatic hydroxyl groups excluding tert-OH is 1. The molecule has 0 unspecified atom stereocenters. The van der Waals surface area contributed by atoms with Gasteiger partial charge in [-0.2, -0.15) is 0 Å². The number of urea groups is 1. The van der Waals surface area contributed by atoms with Gasteiger partial charge in [-0.25, -0.2) is 13.2 Å². The molecule has 0 spiro atoms. The van der Waals surface area contributed by atoms with E-state index in [1.807, 2.05) is 13.8 Å². The van der Waals surface area contributed by atoms with E-state index in [1.165, 1.54) is 17.0 Å². The summed E-state index contributed by atoms with van der Waals surface area (Å²) in [6, 6.07) is 12.1. The van der Waals surface area contributed by atoms with Crippen LogP contribution in [0.3, 0.4) is 0 Å². The SMILES string of the molecule is C[C@H](CO)N1C[C@H](C)[C@@H](CN(C)C(=O)Nc2ccc3c(c2)OCO3)OCCCC[C@H](C)Oc2ccc(NS(=O)(=O)c3cccs3)cc2C1=O. The number of rotatable bonds is 8. The summed E-state index contributed by atoms with van der Waals surface area (Å²) < 4.78 is 52.1. The lowest BCUT2D eigenvalue weighted by molar-refractivity contribution is -0.0115. The molecule has 2 aliphatic rings. The van der Waals surface area contributed by atoms with E-state index in [0.29, 0.717) is 36.0 Å². The van der Waals surface area contributed by atoms with Crippen molar-refractivity contribution in [2.45, 2.75) is 62.5 Å². The predicted octanol–water partition coefficient (Wildman–Crippen LogP) is 5.24. The first-order valence-corrected chi connectivity index (χ1v) is 18.6. The topological polar surface area (TPSA) is 156 Å². The van der Waals surface area contributed by atoms with E-state index >= 15 is 0 Å². The molecule has 1 aromatic heterocycles. The maximum absolute atomic E-state index is 14.4. The van der Waals surface area contributed by atoms with E-state index in [9.17, 15) is 23.1 Å². The number of fused-ring (bicyclic) bond motifs is 2. The first-order chi connectivity index (χ1) is 23.4. The average molecular weight is 717 g/mol. The number of aliphatic hydroxyl groups is 1. The van der Waals surface area contributed by atoms with E-state index in [1.54, 1.807) is 60.6 Å². The van der Waals surface area contributed by atoms with Crippen molar-refractivity contribution in [3.63, 3.8) is 0 Å². The molecule has 2 aliphatic heterocycles. The van der Waals surface area contributed by atoms with Crippen molar-refractivity contribution in [1.29, 1.82) is 0 Å². The zero-order valence-electron chi connectivity index (χ0n) is 28.1. The summed E-state index contributed by atoms with van der Waals surface area (Å²) in [5.41, 5.74) is 0.931. The number of hydrogen-bond acceptors (Lipinski definition) is 10. The lowest BCUT2D eigenvalue weighted by atomic mass is 10.0. The number of nitrogens with zero attached hydrogens (tertiary/aromatic N) is 2. The smallest absolute Gasteiger partial charge is 0.321 e. The number of benzene rings is 2. The Balaban J connectivity index is 1.38. The highest BCUT2D eigenvalue weighted by Crippen LogP contribution is 2.34. The molecule has 0 aliphatic carbocycles. The normalized spacial score (nSPS) is 20.8. The molecule has 2 aromatic carbocycles. The van der Waals surface area contributed by atoms with Crippen LogP contribution < -0.4 is 24.2 Å². The predicted molar refractivity (Wildman–Crippen MR) is 186 cm³/mol. The largest absolute Gasteiger partial charge is 0.490 e. The third kappa shape index (κ3) is 9.15. The Bertz CT molecular complexity index is 1700. The van der Waals surface area contributed by atoms with E-state index < -0.39 is 28.1 Å². The van der Waals surface area contributed by atoms with Gasteiger partial charge in [0.05, 0.1) is 30.4 Å². The molecule has 3 aromatic rings. The van der Waals surface area contributed by atoms with Crippen LogP contribution in [0.5, 0.6) is 17.2 Å². The summed E-state index contributed by atoms with van der Waals surface area (Å²) in [4.78, 5) is 30.7. The lowest BCUT2D eigenvalue weighted by Crippen LogP contribution is -2.48. The van der Waals surface area contributed by atoms with Crippen molar-refractivity contribution < 1.29 is 42.1 Å². The fourth-order valence-corrected chi connectivity index (χ4v) is 7.66. The van der Waals surface area contributed by atoms with Gasteiger partial charge in [0.15, 0.2) is 11.5 Å². The molecule has 4 atom stereocenters. The summed E-state index contributed by atoms with van der Waals surface area (Å²) >= 11 is 1.09. The van der Waals surface area contributed by atoms with Gasteiger partial charge in [0.1, 0.15) is 9.96 Å². The number of carbonyl (C=O) groups excluding carboxylic acids is 2. The zero-order valence-corrected chi connectivity index (χ0v) is 29.7. The van der Waals surface area contributed by atoms with Gasteiger partial charge in [-0.3, -0.25) is 9.52 Å². The number of nitrogens with one attached hydrogen (secondary N) is 2. The number of anilines is 2. The van der Waals surface area contributed by atoms with Gasteiger partial charge in [0.25, 0.3) is 15.9 Å². The van der Waals surface area contributed by atoms with Crippen LogP contribution in [0.1, 0.15) is 50.4 Å². The molecule has 49 heavy (non-hydrogen) atoms. The van der Waals surface area contributed by atoms with Gasteiger partial charge < -0.3 is 39.2 Å². The number of sulfonamides is 1. The average Bonchev–Trinajstić information content (AvgIpc) is 3.79. The minimum Gasteiger partial charge on any atom is -0.490 e. The number of thiophene rings is 1. The van der Waals surface area contributed by atoms with Crippen LogP contribution in [0.4, 0.5) is 16.2 Å². The van der Waals surface area contributed by atoms with Gasteiger partial charge in [-0.1, -0.05) is 13.0 Å². The first kappa shape index (κ1) is 36.2. The van der Waals surface area contributed by atoms with E-state index in [-0.39, 0.29) is 60.0 Å². The molecule has 5 rings (SSSR count). The van der Waals surface area contributed by atoms with E-state index in [0.717, 1.165) is 24.2 Å². The minimum atomic E-state index is -3.87. The second-order valence-corrected chi connectivity index (χ2v) is 15.3. The van der Waals surface area contributed by atoms with Gasteiger partial charge >= 0.3 is 6.03 Å². The van der Waals surface area contributed by atoms with Gasteiger partial charge in [-0.15, -0.1) is 11.3 Å². The van der Waals surface area contributed by atoms with Crippen LogP contribution in [0.25, 0.3) is 0 Å². The lowest BCUT2D eigenvalue weighted by Gasteiger charge is -2.35. The van der Waals surface area contributed by atoms with E-state index in [4.69, 9.17) is 18.9 Å². The summed E-state index contributed by atoms with van der Waals surface area (Å²) in [7, 11) is -2.19. The van der Waals surface area contributed by atoms with Gasteiger partial charge in [0.2, 0.25) is 6.79 Å². The Kier molecular flexibility index (Phi) is 11.9. The zero-order chi connectivity index (χ0) is 35.1. The van der Waals surface area contributed by atoms with E-state index in [2.05, 4.69) is 10.0 Å². The van der Waals surface area contributed by atoms with Crippen molar-refractivity contribution >= 4 is 44.7 Å². The Morgan fingerprint density at radius 3 is 2.59 bits per heavy atom. The molecule has 0 saturated heterocycles. The molecule has 3 amide bonds. The molecule has 266 valence electrons. The van der Waals surface area contributed by atoms with Crippen LogP contribution in [0.2, 0.25) is 0 Å². The Morgan fingerprint density at radius 2 is 1.84 bits per heavy atom. The number of amides is 3. The monoisotopic (exact) mass is 716 g/mol. The summed E-state index contributed by atoms with van der Waals surface area (Å²) in [6.07, 6.45) is 1.56. The summed E-state index contributed by atoms with van der Waals surface area (Å²) in [6.45, 7) is 6.29. The third-order valence-corrected chi connectivity index (χ3v) is 11.3. The van der Waals surface area contributed by atoms with Crippen molar-refractivity contribution in [3.8, 4) is 17.2 Å². The van der Waals surface area contributed by atoms with Crippen molar-refractivity contribution in [2.24, 2.45) is 5.92 Å². The molecule has 0 radical (unpaired) electrons. The Hall–Kier alpha value is -4.05. The Labute approximate surface area is 291 Å². The van der Waals surface area contributed by atoms with Crippen LogP contribution in [0.15, 0.2) is 58.1 Å². The van der Waals surface area contributed by atoms with Gasteiger partial charge in [-0.05, 0) is 74.9 Å². The summed E-state index contributed by atoms with van der Waals surface area (Å²) in [5.74, 6) is 0.788. The standard InChI is InChI=1S/C34H44N4O9S2/c1-22-18-38(23(2)20-39)33(40)27-16-26(36-49(42,43)32-9-7-15-48-32)11-12-28(27)47-24(3)8-5-6-14-44-31(22)19-37(4)34(41)35-25-10-13-29-30(17-25)46-21-45-29/h7,9-13,15-17,22-24,31,36,39H,5-6,8,14,18-21H2,1-4H3,(H,35,41)/t22-,23+,24-,31+/m0/s1. The first-order valence-electron chi connectivity index (χ1n) is 16.3. The Morgan fingerprint density at radius 1 is 1.08 bits per heavy atom. The molecule has 0 bridgehead atoms. The van der Waals surface area contributed by atoms with Crippen LogP contribution >= 0.6 is 11.3 Å².